The van der Waals surface area contributed by atoms with Crippen molar-refractivity contribution in [1.29, 1.82) is 0 Å². The van der Waals surface area contributed by atoms with Crippen molar-refractivity contribution in [3.05, 3.63) is 107 Å². The van der Waals surface area contributed by atoms with Crippen LogP contribution >= 0.6 is 11.3 Å². The Labute approximate surface area is 211 Å². The molecule has 37 heavy (non-hydrogen) atoms. The first kappa shape index (κ1) is 25.0. The minimum Gasteiger partial charge on any atom is -0.206 e. The zero-order chi connectivity index (χ0) is 26.4. The fraction of sp³-hybridized carbons (Fsp3) is 0.103. The van der Waals surface area contributed by atoms with Gasteiger partial charge in [0.15, 0.2) is 23.3 Å². The van der Waals surface area contributed by atoms with Crippen molar-refractivity contribution >= 4 is 21.4 Å². The molecule has 0 nitrogen and oxygen atoms in total. The molecule has 0 bridgehead atoms. The molecule has 1 heterocycles. The van der Waals surface area contributed by atoms with Crippen molar-refractivity contribution in [3.63, 3.8) is 0 Å². The van der Waals surface area contributed by atoms with Gasteiger partial charge in [0, 0.05) is 10.3 Å². The molecule has 0 radical (unpaired) electrons. The Balaban J connectivity index is 1.52. The van der Waals surface area contributed by atoms with Crippen LogP contribution in [0.3, 0.4) is 0 Å². The number of hydrogen-bond donors (Lipinski definition) is 0. The number of benzene rings is 4. The zero-order valence-electron chi connectivity index (χ0n) is 19.2. The molecule has 4 aromatic carbocycles. The lowest BCUT2D eigenvalue weighted by Crippen LogP contribution is -1.94. The zero-order valence-corrected chi connectivity index (χ0v) is 20.1. The van der Waals surface area contributed by atoms with Crippen molar-refractivity contribution in [2.45, 2.75) is 19.8 Å². The lowest BCUT2D eigenvalue weighted by molar-refractivity contribution is 0.448. The molecule has 0 aliphatic rings. The van der Waals surface area contributed by atoms with Gasteiger partial charge in [0.2, 0.25) is 0 Å². The van der Waals surface area contributed by atoms with Gasteiger partial charge in [-0.2, -0.15) is 0 Å². The van der Waals surface area contributed by atoms with Gasteiger partial charge < -0.3 is 0 Å². The van der Waals surface area contributed by atoms with Crippen LogP contribution in [0.2, 0.25) is 0 Å². The van der Waals surface area contributed by atoms with Crippen LogP contribution in [-0.2, 0) is 6.42 Å². The van der Waals surface area contributed by atoms with Crippen LogP contribution in [0.25, 0.3) is 42.8 Å². The van der Waals surface area contributed by atoms with Gasteiger partial charge in [-0.15, -0.1) is 11.3 Å². The fourth-order valence-electron chi connectivity index (χ4n) is 4.35. The van der Waals surface area contributed by atoms with Crippen LogP contribution in [0.1, 0.15) is 18.9 Å². The number of rotatable bonds is 5. The Bertz CT molecular complexity index is 1610. The third-order valence-corrected chi connectivity index (χ3v) is 7.24. The second kappa shape index (κ2) is 9.67. The maximum absolute atomic E-state index is 15.1. The van der Waals surface area contributed by atoms with Crippen LogP contribution < -0.4 is 0 Å². The smallest absolute Gasteiger partial charge is 0.194 e. The van der Waals surface area contributed by atoms with Crippen molar-refractivity contribution < 1.29 is 30.7 Å². The predicted octanol–water partition coefficient (Wildman–Crippen LogP) is 9.83. The van der Waals surface area contributed by atoms with E-state index in [-0.39, 0.29) is 32.5 Å². The summed E-state index contributed by atoms with van der Waals surface area (Å²) >= 11 is 0.917. The molecule has 0 atom stereocenters. The number of halogens is 7. The molecule has 0 N–H and O–H groups in total. The minimum absolute atomic E-state index is 0.0498. The molecule has 5 rings (SSSR count). The molecule has 0 fully saturated rings. The Kier molecular flexibility index (Phi) is 6.54. The average Bonchev–Trinajstić information content (AvgIpc) is 3.19. The molecule has 5 aromatic rings. The second-order valence-electron chi connectivity index (χ2n) is 8.59. The van der Waals surface area contributed by atoms with Gasteiger partial charge in [-0.25, -0.2) is 30.7 Å². The quantitative estimate of drug-likeness (QED) is 0.157. The summed E-state index contributed by atoms with van der Waals surface area (Å²) in [5.41, 5.74) is 0.736. The van der Waals surface area contributed by atoms with E-state index in [1.54, 1.807) is 6.07 Å². The largest absolute Gasteiger partial charge is 0.206 e. The van der Waals surface area contributed by atoms with Gasteiger partial charge in [0.05, 0.1) is 15.8 Å². The van der Waals surface area contributed by atoms with E-state index in [0.29, 0.717) is 22.2 Å². The summed E-state index contributed by atoms with van der Waals surface area (Å²) in [6.07, 6.45) is 1.39. The molecule has 188 valence electrons. The first-order chi connectivity index (χ1) is 17.7. The van der Waals surface area contributed by atoms with E-state index in [4.69, 9.17) is 0 Å². The summed E-state index contributed by atoms with van der Waals surface area (Å²) in [5.74, 6) is -7.85. The van der Waals surface area contributed by atoms with Crippen LogP contribution in [-0.4, -0.2) is 0 Å². The maximum atomic E-state index is 15.1. The molecule has 0 spiro atoms. The summed E-state index contributed by atoms with van der Waals surface area (Å²) in [6.45, 7) is 1.94. The number of hydrogen-bond acceptors (Lipinski definition) is 1. The van der Waals surface area contributed by atoms with Crippen LogP contribution in [0.5, 0.6) is 0 Å². The van der Waals surface area contributed by atoms with Gasteiger partial charge in [0.25, 0.3) is 0 Å². The van der Waals surface area contributed by atoms with Crippen molar-refractivity contribution in [2.75, 3.05) is 0 Å². The van der Waals surface area contributed by atoms with Gasteiger partial charge in [0.1, 0.15) is 17.5 Å². The molecular weight excluding hydrogens is 513 g/mol. The summed E-state index contributed by atoms with van der Waals surface area (Å²) in [5, 5.41) is -0.214. The third-order valence-electron chi connectivity index (χ3n) is 6.08. The lowest BCUT2D eigenvalue weighted by atomic mass is 9.98. The van der Waals surface area contributed by atoms with Crippen LogP contribution in [0.15, 0.2) is 60.7 Å². The molecular formula is C29H17F7S. The van der Waals surface area contributed by atoms with Crippen LogP contribution in [0.4, 0.5) is 30.7 Å². The highest BCUT2D eigenvalue weighted by molar-refractivity contribution is 7.22. The second-order valence-corrected chi connectivity index (χ2v) is 9.64. The number of fused-ring (bicyclic) bond motifs is 1. The van der Waals surface area contributed by atoms with Crippen molar-refractivity contribution in [3.8, 4) is 32.7 Å². The highest BCUT2D eigenvalue weighted by Gasteiger charge is 2.22. The summed E-state index contributed by atoms with van der Waals surface area (Å²) in [6, 6.07) is 12.0. The molecule has 8 heteroatoms. The Morgan fingerprint density at radius 2 is 1.14 bits per heavy atom. The van der Waals surface area contributed by atoms with Crippen molar-refractivity contribution in [2.24, 2.45) is 0 Å². The highest BCUT2D eigenvalue weighted by atomic mass is 32.1. The topological polar surface area (TPSA) is 0 Å². The summed E-state index contributed by atoms with van der Waals surface area (Å²) < 4.78 is 101. The Morgan fingerprint density at radius 1 is 0.568 bits per heavy atom. The molecule has 0 unspecified atom stereocenters. The third kappa shape index (κ3) is 4.50. The van der Waals surface area contributed by atoms with Crippen molar-refractivity contribution in [1.82, 2.24) is 0 Å². The molecule has 0 aliphatic heterocycles. The predicted molar refractivity (Wildman–Crippen MR) is 132 cm³/mol. The summed E-state index contributed by atoms with van der Waals surface area (Å²) in [7, 11) is 0. The molecule has 0 saturated heterocycles. The maximum Gasteiger partial charge on any atom is 0.194 e. The summed E-state index contributed by atoms with van der Waals surface area (Å²) in [4.78, 5) is -0.0809. The van der Waals surface area contributed by atoms with Gasteiger partial charge in [-0.05, 0) is 65.1 Å². The Hall–Kier alpha value is -3.65. The molecule has 1 aromatic heterocycles. The van der Waals surface area contributed by atoms with Crippen LogP contribution in [0, 0.1) is 40.7 Å². The van der Waals surface area contributed by atoms with E-state index in [0.717, 1.165) is 42.0 Å². The van der Waals surface area contributed by atoms with Gasteiger partial charge in [-0.1, -0.05) is 37.6 Å². The van der Waals surface area contributed by atoms with E-state index in [9.17, 15) is 17.6 Å². The number of thiophene rings is 1. The monoisotopic (exact) mass is 530 g/mol. The molecule has 0 aliphatic carbocycles. The Morgan fingerprint density at radius 3 is 1.73 bits per heavy atom. The first-order valence-corrected chi connectivity index (χ1v) is 12.1. The highest BCUT2D eigenvalue weighted by Crippen LogP contribution is 2.41. The van der Waals surface area contributed by atoms with Gasteiger partial charge in [-0.3, -0.25) is 0 Å². The van der Waals surface area contributed by atoms with Gasteiger partial charge >= 0.3 is 0 Å². The molecule has 0 amide bonds. The first-order valence-electron chi connectivity index (χ1n) is 11.3. The normalized spacial score (nSPS) is 11.5. The minimum atomic E-state index is -1.59. The van der Waals surface area contributed by atoms with E-state index < -0.39 is 40.7 Å². The SMILES string of the molecule is CCCc1cc(F)c2c(F)c(-c3cc(F)c(-c4ccc(-c5cc(F)c(F)c(F)c5)cc4)c(F)c3)sc2c1. The average molecular weight is 531 g/mol. The number of aryl methyl sites for hydroxylation is 1. The molecule has 0 saturated carbocycles. The van der Waals surface area contributed by atoms with E-state index >= 15 is 13.2 Å². The van der Waals surface area contributed by atoms with E-state index in [2.05, 4.69) is 0 Å². The standard InChI is InChI=1S/C29H17F7S/c1-2-3-14-8-19(30)26-24(9-14)37-29(28(26)36)18-12-20(31)25(21(32)13-18)16-6-4-15(5-7-16)17-10-22(33)27(35)23(34)11-17/h4-13H,2-3H2,1H3. The van der Waals surface area contributed by atoms with E-state index in [1.807, 2.05) is 6.92 Å². The lowest BCUT2D eigenvalue weighted by Gasteiger charge is -2.10. The van der Waals surface area contributed by atoms with E-state index in [1.165, 1.54) is 30.3 Å². The fourth-order valence-corrected chi connectivity index (χ4v) is 5.49.